The van der Waals surface area contributed by atoms with Crippen molar-refractivity contribution in [2.24, 2.45) is 5.73 Å². The van der Waals surface area contributed by atoms with Crippen molar-refractivity contribution in [1.82, 2.24) is 0 Å². The fourth-order valence-corrected chi connectivity index (χ4v) is 1.39. The molecular formula is C11H14BrNO2. The maximum absolute atomic E-state index is 11.0. The van der Waals surface area contributed by atoms with Gasteiger partial charge in [0.1, 0.15) is 0 Å². The summed E-state index contributed by atoms with van der Waals surface area (Å²) in [6.07, 6.45) is 1.03. The normalized spacial score (nSPS) is 10.0. The van der Waals surface area contributed by atoms with Crippen molar-refractivity contribution < 1.29 is 9.53 Å². The summed E-state index contributed by atoms with van der Waals surface area (Å²) in [5.74, 6) is -0.227. The number of benzene rings is 1. The molecule has 1 aromatic rings. The highest BCUT2D eigenvalue weighted by Gasteiger charge is 2.00. The Morgan fingerprint density at radius 1 is 1.33 bits per heavy atom. The molecule has 3 nitrogen and oxygen atoms in total. The van der Waals surface area contributed by atoms with Crippen molar-refractivity contribution in [3.05, 3.63) is 34.3 Å². The number of rotatable bonds is 5. The molecule has 1 rings (SSSR count). The summed E-state index contributed by atoms with van der Waals surface area (Å²) in [5.41, 5.74) is 6.37. The average Bonchev–Trinajstić information content (AvgIpc) is 2.21. The van der Waals surface area contributed by atoms with Crippen LogP contribution in [0.1, 0.15) is 12.0 Å². The SMILES string of the molecule is NCCC(=O)OCCc1ccc(Br)cc1. The Morgan fingerprint density at radius 3 is 2.60 bits per heavy atom. The number of nitrogens with two attached hydrogens (primary N) is 1. The highest BCUT2D eigenvalue weighted by Crippen LogP contribution is 2.10. The van der Waals surface area contributed by atoms with Crippen molar-refractivity contribution in [3.8, 4) is 0 Å². The summed E-state index contributed by atoms with van der Waals surface area (Å²) >= 11 is 3.36. The molecule has 0 aliphatic heterocycles. The van der Waals surface area contributed by atoms with Crippen LogP contribution in [0.15, 0.2) is 28.7 Å². The molecule has 0 bridgehead atoms. The van der Waals surface area contributed by atoms with E-state index in [-0.39, 0.29) is 5.97 Å². The van der Waals surface area contributed by atoms with Crippen LogP contribution in [0.5, 0.6) is 0 Å². The second kappa shape index (κ2) is 6.58. The van der Waals surface area contributed by atoms with E-state index >= 15 is 0 Å². The minimum Gasteiger partial charge on any atom is -0.465 e. The van der Waals surface area contributed by atoms with Crippen LogP contribution in [0.4, 0.5) is 0 Å². The van der Waals surface area contributed by atoms with Crippen LogP contribution in [0.25, 0.3) is 0 Å². The third-order valence-corrected chi connectivity index (χ3v) is 2.44. The molecule has 0 atom stereocenters. The molecule has 4 heteroatoms. The monoisotopic (exact) mass is 271 g/mol. The van der Waals surface area contributed by atoms with Crippen molar-refractivity contribution in [2.45, 2.75) is 12.8 Å². The predicted molar refractivity (Wildman–Crippen MR) is 62.5 cm³/mol. The van der Waals surface area contributed by atoms with Gasteiger partial charge >= 0.3 is 5.97 Å². The number of hydrogen-bond donors (Lipinski definition) is 1. The molecule has 0 heterocycles. The lowest BCUT2D eigenvalue weighted by atomic mass is 10.2. The summed E-state index contributed by atoms with van der Waals surface area (Å²) in [7, 11) is 0. The van der Waals surface area contributed by atoms with Gasteiger partial charge in [-0.3, -0.25) is 4.79 Å². The molecule has 0 aliphatic rings. The molecule has 2 N–H and O–H groups in total. The largest absolute Gasteiger partial charge is 0.465 e. The minimum absolute atomic E-state index is 0.227. The molecule has 0 aliphatic carbocycles. The summed E-state index contributed by atoms with van der Waals surface area (Å²) in [5, 5.41) is 0. The van der Waals surface area contributed by atoms with Gasteiger partial charge in [-0.2, -0.15) is 0 Å². The second-order valence-corrected chi connectivity index (χ2v) is 4.05. The Hall–Kier alpha value is -0.870. The van der Waals surface area contributed by atoms with Gasteiger partial charge in [-0.05, 0) is 17.7 Å². The van der Waals surface area contributed by atoms with Crippen molar-refractivity contribution >= 4 is 21.9 Å². The molecule has 0 radical (unpaired) electrons. The van der Waals surface area contributed by atoms with E-state index in [4.69, 9.17) is 10.5 Å². The van der Waals surface area contributed by atoms with Crippen molar-refractivity contribution in [3.63, 3.8) is 0 Å². The first-order valence-electron chi connectivity index (χ1n) is 4.82. The van der Waals surface area contributed by atoms with Crippen molar-refractivity contribution in [1.29, 1.82) is 0 Å². The number of hydrogen-bond acceptors (Lipinski definition) is 3. The zero-order valence-corrected chi connectivity index (χ0v) is 10.00. The van der Waals surface area contributed by atoms with Gasteiger partial charge in [0, 0.05) is 17.4 Å². The predicted octanol–water partition coefficient (Wildman–Crippen LogP) is 1.88. The second-order valence-electron chi connectivity index (χ2n) is 3.14. The zero-order valence-electron chi connectivity index (χ0n) is 8.41. The molecule has 0 fully saturated rings. The Morgan fingerprint density at radius 2 is 2.00 bits per heavy atom. The highest BCUT2D eigenvalue weighted by atomic mass is 79.9. The molecule has 0 amide bonds. The van der Waals surface area contributed by atoms with Crippen LogP contribution in [-0.2, 0) is 16.0 Å². The molecule has 0 aromatic heterocycles. The van der Waals surface area contributed by atoms with Gasteiger partial charge in [-0.1, -0.05) is 28.1 Å². The number of carbonyl (C=O) groups is 1. The van der Waals surface area contributed by atoms with E-state index in [1.54, 1.807) is 0 Å². The van der Waals surface area contributed by atoms with Gasteiger partial charge in [0.15, 0.2) is 0 Å². The van der Waals surface area contributed by atoms with Gasteiger partial charge < -0.3 is 10.5 Å². The highest BCUT2D eigenvalue weighted by molar-refractivity contribution is 9.10. The Labute approximate surface area is 97.7 Å². The quantitative estimate of drug-likeness (QED) is 0.833. The first-order chi connectivity index (χ1) is 7.22. The Balaban J connectivity index is 2.26. The fraction of sp³-hybridized carbons (Fsp3) is 0.364. The van der Waals surface area contributed by atoms with Gasteiger partial charge in [0.25, 0.3) is 0 Å². The first kappa shape index (κ1) is 12.2. The number of ether oxygens (including phenoxy) is 1. The van der Waals surface area contributed by atoms with Gasteiger partial charge in [-0.15, -0.1) is 0 Å². The lowest BCUT2D eigenvalue weighted by Crippen LogP contribution is -2.12. The van der Waals surface area contributed by atoms with Gasteiger partial charge in [0.2, 0.25) is 0 Å². The lowest BCUT2D eigenvalue weighted by Gasteiger charge is -2.04. The number of halogens is 1. The van der Waals surface area contributed by atoms with E-state index in [0.717, 1.165) is 16.5 Å². The molecule has 0 saturated heterocycles. The van der Waals surface area contributed by atoms with Crippen LogP contribution in [-0.4, -0.2) is 19.1 Å². The van der Waals surface area contributed by atoms with E-state index < -0.39 is 0 Å². The number of esters is 1. The van der Waals surface area contributed by atoms with E-state index in [1.807, 2.05) is 24.3 Å². The molecule has 0 spiro atoms. The smallest absolute Gasteiger partial charge is 0.307 e. The van der Waals surface area contributed by atoms with Crippen LogP contribution in [0, 0.1) is 0 Å². The van der Waals surface area contributed by atoms with Crippen LogP contribution in [0.2, 0.25) is 0 Å². The van der Waals surface area contributed by atoms with E-state index in [2.05, 4.69) is 15.9 Å². The molecular weight excluding hydrogens is 258 g/mol. The zero-order chi connectivity index (χ0) is 11.1. The van der Waals surface area contributed by atoms with Crippen LogP contribution in [0.3, 0.4) is 0 Å². The third-order valence-electron chi connectivity index (χ3n) is 1.92. The van der Waals surface area contributed by atoms with E-state index in [0.29, 0.717) is 19.6 Å². The lowest BCUT2D eigenvalue weighted by molar-refractivity contribution is -0.143. The molecule has 0 saturated carbocycles. The molecule has 1 aromatic carbocycles. The minimum atomic E-state index is -0.227. The maximum atomic E-state index is 11.0. The summed E-state index contributed by atoms with van der Waals surface area (Å²) < 4.78 is 6.03. The Kier molecular flexibility index (Phi) is 5.36. The molecule has 82 valence electrons. The first-order valence-corrected chi connectivity index (χ1v) is 5.62. The van der Waals surface area contributed by atoms with Crippen molar-refractivity contribution in [2.75, 3.05) is 13.2 Å². The standard InChI is InChI=1S/C11H14BrNO2/c12-10-3-1-9(2-4-10)6-8-15-11(14)5-7-13/h1-4H,5-8,13H2. The summed E-state index contributed by atoms with van der Waals surface area (Å²) in [4.78, 5) is 11.0. The molecule has 15 heavy (non-hydrogen) atoms. The van der Waals surface area contributed by atoms with Crippen LogP contribution >= 0.6 is 15.9 Å². The third kappa shape index (κ3) is 4.95. The molecule has 0 unspecified atom stereocenters. The maximum Gasteiger partial charge on any atom is 0.307 e. The Bertz CT molecular complexity index is 311. The van der Waals surface area contributed by atoms with E-state index in [1.165, 1.54) is 0 Å². The summed E-state index contributed by atoms with van der Waals surface area (Å²) in [6, 6.07) is 7.94. The topological polar surface area (TPSA) is 52.3 Å². The summed E-state index contributed by atoms with van der Waals surface area (Å²) in [6.45, 7) is 0.761. The number of carbonyl (C=O) groups excluding carboxylic acids is 1. The fourth-order valence-electron chi connectivity index (χ4n) is 1.12. The van der Waals surface area contributed by atoms with Crippen LogP contribution < -0.4 is 5.73 Å². The average molecular weight is 272 g/mol. The van der Waals surface area contributed by atoms with Gasteiger partial charge in [-0.25, -0.2) is 0 Å². The van der Waals surface area contributed by atoms with Gasteiger partial charge in [0.05, 0.1) is 13.0 Å². The van der Waals surface area contributed by atoms with E-state index in [9.17, 15) is 4.79 Å².